The van der Waals surface area contributed by atoms with Gasteiger partial charge in [0.1, 0.15) is 5.75 Å². The molecule has 0 radical (unpaired) electrons. The van der Waals surface area contributed by atoms with Gasteiger partial charge >= 0.3 is 0 Å². The highest BCUT2D eigenvalue weighted by Gasteiger charge is 2.05. The van der Waals surface area contributed by atoms with Gasteiger partial charge in [0.15, 0.2) is 6.61 Å². The van der Waals surface area contributed by atoms with Crippen molar-refractivity contribution in [1.29, 1.82) is 0 Å². The summed E-state index contributed by atoms with van der Waals surface area (Å²) in [5, 5.41) is 12.3. The molecular formula is C19H18N4O5. The first kappa shape index (κ1) is 20.3. The number of hydroxylamine groups is 1. The van der Waals surface area contributed by atoms with Crippen LogP contribution in [0, 0.1) is 0 Å². The Bertz CT molecular complexity index is 907. The Balaban J connectivity index is 1.97. The lowest BCUT2D eigenvalue weighted by molar-refractivity contribution is -0.124. The van der Waals surface area contributed by atoms with Crippen LogP contribution < -0.4 is 21.4 Å². The number of benzene rings is 2. The minimum atomic E-state index is -0.656. The average Bonchev–Trinajstić information content (AvgIpc) is 2.71. The van der Waals surface area contributed by atoms with E-state index < -0.39 is 17.7 Å². The van der Waals surface area contributed by atoms with E-state index in [0.717, 1.165) is 6.08 Å². The fourth-order valence-electron chi connectivity index (χ4n) is 2.05. The van der Waals surface area contributed by atoms with E-state index in [2.05, 4.69) is 10.5 Å². The van der Waals surface area contributed by atoms with E-state index in [0.29, 0.717) is 22.4 Å². The first-order valence-corrected chi connectivity index (χ1v) is 8.05. The normalized spacial score (nSPS) is 10.8. The number of rotatable bonds is 8. The molecular weight excluding hydrogens is 364 g/mol. The zero-order valence-electron chi connectivity index (χ0n) is 14.7. The van der Waals surface area contributed by atoms with Crippen LogP contribution in [-0.4, -0.2) is 35.8 Å². The highest BCUT2D eigenvalue weighted by Crippen LogP contribution is 2.15. The van der Waals surface area contributed by atoms with Gasteiger partial charge in [0, 0.05) is 17.2 Å². The molecule has 9 heteroatoms. The lowest BCUT2D eigenvalue weighted by Gasteiger charge is -2.06. The molecule has 0 saturated carbocycles. The van der Waals surface area contributed by atoms with Crippen LogP contribution in [0.1, 0.15) is 21.5 Å². The molecule has 5 N–H and O–H groups in total. The Morgan fingerprint density at radius 2 is 1.82 bits per heavy atom. The summed E-state index contributed by atoms with van der Waals surface area (Å²) in [5.41, 5.74) is 10.5. The number of nitrogens with one attached hydrogen (secondary N) is 2. The van der Waals surface area contributed by atoms with E-state index in [1.165, 1.54) is 17.8 Å². The number of carbonyl (C=O) groups excluding carboxylic acids is 3. The summed E-state index contributed by atoms with van der Waals surface area (Å²) < 4.78 is 5.27. The molecule has 3 amide bonds. The Morgan fingerprint density at radius 3 is 2.50 bits per heavy atom. The van der Waals surface area contributed by atoms with Crippen LogP contribution in [0.3, 0.4) is 0 Å². The average molecular weight is 382 g/mol. The third-order valence-corrected chi connectivity index (χ3v) is 3.37. The van der Waals surface area contributed by atoms with Gasteiger partial charge in [-0.25, -0.2) is 10.9 Å². The molecule has 0 spiro atoms. The molecule has 0 saturated heterocycles. The van der Waals surface area contributed by atoms with Crippen molar-refractivity contribution in [2.45, 2.75) is 0 Å². The van der Waals surface area contributed by atoms with Gasteiger partial charge in [-0.15, -0.1) is 0 Å². The number of primary amides is 1. The molecule has 144 valence electrons. The van der Waals surface area contributed by atoms with Gasteiger partial charge in [0.2, 0.25) is 0 Å². The zero-order valence-corrected chi connectivity index (χ0v) is 14.7. The largest absolute Gasteiger partial charge is 0.483 e. The van der Waals surface area contributed by atoms with Crippen LogP contribution in [-0.2, 0) is 9.59 Å². The third-order valence-electron chi connectivity index (χ3n) is 3.37. The number of hydrogen-bond acceptors (Lipinski definition) is 6. The molecule has 0 fully saturated rings. The van der Waals surface area contributed by atoms with Crippen molar-refractivity contribution in [3.63, 3.8) is 0 Å². The molecule has 0 atom stereocenters. The third kappa shape index (κ3) is 6.39. The van der Waals surface area contributed by atoms with Crippen molar-refractivity contribution in [3.8, 4) is 5.75 Å². The summed E-state index contributed by atoms with van der Waals surface area (Å²) in [6.45, 7) is -0.266. The number of carbonyl (C=O) groups is 3. The smallest absolute Gasteiger partial charge is 0.271 e. The van der Waals surface area contributed by atoms with Gasteiger partial charge in [0.05, 0.1) is 6.21 Å². The first-order chi connectivity index (χ1) is 13.5. The topological polar surface area (TPSA) is 143 Å². The fraction of sp³-hybridized carbons (Fsp3) is 0.0526. The maximum Gasteiger partial charge on any atom is 0.271 e. The van der Waals surface area contributed by atoms with Crippen molar-refractivity contribution in [1.82, 2.24) is 10.9 Å². The zero-order chi connectivity index (χ0) is 20.4. The second-order valence-electron chi connectivity index (χ2n) is 5.42. The van der Waals surface area contributed by atoms with Crippen LogP contribution in [0.2, 0.25) is 0 Å². The molecule has 0 unspecified atom stereocenters. The highest BCUT2D eigenvalue weighted by atomic mass is 16.5. The Hall–Kier alpha value is -3.98. The number of hydrazone groups is 1. The van der Waals surface area contributed by atoms with Crippen LogP contribution in [0.5, 0.6) is 5.75 Å². The summed E-state index contributed by atoms with van der Waals surface area (Å²) in [6, 6.07) is 13.2. The monoisotopic (exact) mass is 382 g/mol. The number of nitrogens with zero attached hydrogens (tertiary/aromatic N) is 1. The molecule has 0 bridgehead atoms. The second-order valence-corrected chi connectivity index (χ2v) is 5.42. The fourth-order valence-corrected chi connectivity index (χ4v) is 2.05. The van der Waals surface area contributed by atoms with Crippen molar-refractivity contribution >= 4 is 30.0 Å². The summed E-state index contributed by atoms with van der Waals surface area (Å²) in [5.74, 6) is -1.29. The molecule has 0 aliphatic heterocycles. The van der Waals surface area contributed by atoms with Crippen LogP contribution in [0.25, 0.3) is 6.08 Å². The number of nitrogens with two attached hydrogens (primary N) is 1. The molecule has 28 heavy (non-hydrogen) atoms. The van der Waals surface area contributed by atoms with Gasteiger partial charge in [-0.2, -0.15) is 5.10 Å². The second kappa shape index (κ2) is 10.2. The number of amides is 3. The van der Waals surface area contributed by atoms with Crippen molar-refractivity contribution in [2.24, 2.45) is 10.8 Å². The van der Waals surface area contributed by atoms with Crippen LogP contribution in [0.15, 0.2) is 59.7 Å². The van der Waals surface area contributed by atoms with E-state index >= 15 is 0 Å². The van der Waals surface area contributed by atoms with E-state index in [9.17, 15) is 14.4 Å². The lowest BCUT2D eigenvalue weighted by Crippen LogP contribution is -2.20. The van der Waals surface area contributed by atoms with E-state index in [1.54, 1.807) is 48.5 Å². The Labute approximate surface area is 160 Å². The molecule has 2 aromatic rings. The van der Waals surface area contributed by atoms with Gasteiger partial charge < -0.3 is 10.5 Å². The number of ether oxygens (including phenoxy) is 1. The number of para-hydroxylation sites is 1. The van der Waals surface area contributed by atoms with Crippen LogP contribution in [0.4, 0.5) is 0 Å². The van der Waals surface area contributed by atoms with Crippen molar-refractivity contribution in [3.05, 3.63) is 71.3 Å². The van der Waals surface area contributed by atoms with Crippen molar-refractivity contribution in [2.75, 3.05) is 6.61 Å². The summed E-state index contributed by atoms with van der Waals surface area (Å²) in [7, 11) is 0. The molecule has 2 rings (SSSR count). The maximum atomic E-state index is 12.1. The van der Waals surface area contributed by atoms with E-state index in [1.807, 2.05) is 0 Å². The Morgan fingerprint density at radius 1 is 1.11 bits per heavy atom. The van der Waals surface area contributed by atoms with Gasteiger partial charge in [-0.3, -0.25) is 19.6 Å². The van der Waals surface area contributed by atoms with Gasteiger partial charge in [0.25, 0.3) is 17.7 Å². The first-order valence-electron chi connectivity index (χ1n) is 8.05. The van der Waals surface area contributed by atoms with Crippen LogP contribution >= 0.6 is 0 Å². The predicted octanol–water partition coefficient (Wildman–Crippen LogP) is 0.833. The number of hydrogen-bond donors (Lipinski definition) is 4. The minimum Gasteiger partial charge on any atom is -0.483 e. The standard InChI is InChI=1S/C19H18N4O5/c20-17(24)12-28-16-4-2-1-3-15(16)11-21-22-19(26)14-8-5-13(6-9-14)7-10-18(25)23-27/h1-11,27H,12H2,(H2,20,24)(H,22,26)(H,23,25)/b10-7+,21-11+. The SMILES string of the molecule is NC(=O)COc1ccccc1/C=N/NC(=O)c1ccc(/C=C/C(=O)NO)cc1. The molecule has 0 aromatic heterocycles. The molecule has 0 aliphatic rings. The van der Waals surface area contributed by atoms with E-state index in [4.69, 9.17) is 15.7 Å². The summed E-state index contributed by atoms with van der Waals surface area (Å²) in [4.78, 5) is 33.9. The summed E-state index contributed by atoms with van der Waals surface area (Å²) in [6.07, 6.45) is 4.02. The maximum absolute atomic E-state index is 12.1. The molecule has 2 aromatic carbocycles. The highest BCUT2D eigenvalue weighted by molar-refractivity contribution is 5.95. The molecule has 9 nitrogen and oxygen atoms in total. The Kier molecular flexibility index (Phi) is 7.43. The molecule has 0 aliphatic carbocycles. The summed E-state index contributed by atoms with van der Waals surface area (Å²) >= 11 is 0. The van der Waals surface area contributed by atoms with Gasteiger partial charge in [-0.05, 0) is 35.9 Å². The van der Waals surface area contributed by atoms with E-state index in [-0.39, 0.29) is 6.61 Å². The van der Waals surface area contributed by atoms with Gasteiger partial charge in [-0.1, -0.05) is 24.3 Å². The van der Waals surface area contributed by atoms with Crippen molar-refractivity contribution < 1.29 is 24.3 Å². The quantitative estimate of drug-likeness (QED) is 0.231. The minimum absolute atomic E-state index is 0.266. The predicted molar refractivity (Wildman–Crippen MR) is 102 cm³/mol. The molecule has 0 heterocycles. The lowest BCUT2D eigenvalue weighted by atomic mass is 10.1.